The SMILES string of the molecule is CCCC(C)(O)CC[C@@H]1[C@H]2Cc3ccc(O)cc3[C@@]1(C)CCN2CC1CC1. The molecule has 1 unspecified atom stereocenters. The van der Waals surface area contributed by atoms with Gasteiger partial charge in [-0.05, 0) is 98.9 Å². The topological polar surface area (TPSA) is 43.7 Å². The monoisotopic (exact) mass is 371 g/mol. The first-order valence-electron chi connectivity index (χ1n) is 11.1. The van der Waals surface area contributed by atoms with E-state index in [2.05, 4.69) is 24.8 Å². The highest BCUT2D eigenvalue weighted by Crippen LogP contribution is 2.52. The number of phenols is 1. The number of piperidine rings is 1. The number of nitrogens with zero attached hydrogens (tertiary/aromatic N) is 1. The highest BCUT2D eigenvalue weighted by molar-refractivity contribution is 5.44. The van der Waals surface area contributed by atoms with Gasteiger partial charge in [0.15, 0.2) is 0 Å². The largest absolute Gasteiger partial charge is 0.508 e. The van der Waals surface area contributed by atoms with Gasteiger partial charge in [-0.2, -0.15) is 0 Å². The molecular formula is C24H37NO2. The average Bonchev–Trinajstić information content (AvgIpc) is 3.41. The lowest BCUT2D eigenvalue weighted by Gasteiger charge is -2.56. The molecule has 3 heteroatoms. The number of phenolic OH excluding ortho intramolecular Hbond substituents is 1. The van der Waals surface area contributed by atoms with Crippen molar-refractivity contribution in [3.05, 3.63) is 29.3 Å². The number of fused-ring (bicyclic) bond motifs is 4. The van der Waals surface area contributed by atoms with E-state index >= 15 is 0 Å². The lowest BCUT2D eigenvalue weighted by Crippen LogP contribution is -2.59. The summed E-state index contributed by atoms with van der Waals surface area (Å²) in [6.45, 7) is 9.02. The molecule has 1 saturated heterocycles. The van der Waals surface area contributed by atoms with Gasteiger partial charge in [0.05, 0.1) is 5.60 Å². The lowest BCUT2D eigenvalue weighted by molar-refractivity contribution is -0.0127. The van der Waals surface area contributed by atoms with Crippen LogP contribution in [0, 0.1) is 11.8 Å². The van der Waals surface area contributed by atoms with Crippen LogP contribution in [0.2, 0.25) is 0 Å². The Hall–Kier alpha value is -1.06. The van der Waals surface area contributed by atoms with Crippen molar-refractivity contribution >= 4 is 0 Å². The van der Waals surface area contributed by atoms with Crippen molar-refractivity contribution in [2.24, 2.45) is 11.8 Å². The fraction of sp³-hybridized carbons (Fsp3) is 0.750. The zero-order valence-electron chi connectivity index (χ0n) is 17.4. The fourth-order valence-electron chi connectivity index (χ4n) is 6.01. The summed E-state index contributed by atoms with van der Waals surface area (Å²) in [5.41, 5.74) is 2.35. The van der Waals surface area contributed by atoms with E-state index < -0.39 is 5.60 Å². The number of hydrogen-bond donors (Lipinski definition) is 2. The predicted molar refractivity (Wildman–Crippen MR) is 110 cm³/mol. The molecule has 2 bridgehead atoms. The molecule has 0 aromatic heterocycles. The number of likely N-dealkylation sites (tertiary alicyclic amines) is 1. The Morgan fingerprint density at radius 2 is 2.04 bits per heavy atom. The molecule has 4 atom stereocenters. The van der Waals surface area contributed by atoms with Gasteiger partial charge >= 0.3 is 0 Å². The summed E-state index contributed by atoms with van der Waals surface area (Å²) >= 11 is 0. The quantitative estimate of drug-likeness (QED) is 0.734. The van der Waals surface area contributed by atoms with Crippen LogP contribution in [0.1, 0.15) is 76.8 Å². The van der Waals surface area contributed by atoms with Crippen molar-refractivity contribution in [3.63, 3.8) is 0 Å². The maximum atomic E-state index is 10.8. The second-order valence-corrected chi connectivity index (χ2v) is 10.1. The molecule has 0 radical (unpaired) electrons. The molecule has 1 aliphatic heterocycles. The molecule has 3 aliphatic rings. The van der Waals surface area contributed by atoms with Crippen molar-refractivity contribution in [1.29, 1.82) is 0 Å². The lowest BCUT2D eigenvalue weighted by atomic mass is 9.56. The molecule has 1 aromatic rings. The van der Waals surface area contributed by atoms with E-state index in [1.165, 1.54) is 37.1 Å². The third-order valence-electron chi connectivity index (χ3n) is 7.78. The standard InChI is InChI=1S/C24H37NO2/c1-4-10-23(2,27)11-9-20-22-14-18-7-8-19(26)15-21(18)24(20,3)12-13-25(22)16-17-5-6-17/h7-8,15,17,20,22,26-27H,4-6,9-14,16H2,1-3H3/t20-,22-,23?,24+/m1/s1. The zero-order valence-corrected chi connectivity index (χ0v) is 17.4. The smallest absolute Gasteiger partial charge is 0.115 e. The first kappa shape index (κ1) is 19.3. The molecule has 0 spiro atoms. The van der Waals surface area contributed by atoms with Crippen LogP contribution in [0.4, 0.5) is 0 Å². The van der Waals surface area contributed by atoms with Crippen LogP contribution < -0.4 is 0 Å². The number of aliphatic hydroxyl groups is 1. The van der Waals surface area contributed by atoms with E-state index in [1.54, 1.807) is 0 Å². The molecule has 3 nitrogen and oxygen atoms in total. The van der Waals surface area contributed by atoms with Crippen LogP contribution in [0.3, 0.4) is 0 Å². The molecule has 1 saturated carbocycles. The Labute approximate surface area is 164 Å². The Morgan fingerprint density at radius 1 is 1.26 bits per heavy atom. The van der Waals surface area contributed by atoms with Gasteiger partial charge in [0.1, 0.15) is 5.75 Å². The van der Waals surface area contributed by atoms with Crippen LogP contribution in [0.25, 0.3) is 0 Å². The summed E-state index contributed by atoms with van der Waals surface area (Å²) in [6.07, 6.45) is 8.92. The van der Waals surface area contributed by atoms with Gasteiger partial charge in [-0.3, -0.25) is 4.90 Å². The van der Waals surface area contributed by atoms with Gasteiger partial charge in [-0.1, -0.05) is 26.3 Å². The second kappa shape index (κ2) is 7.08. The van der Waals surface area contributed by atoms with E-state index in [9.17, 15) is 10.2 Å². The summed E-state index contributed by atoms with van der Waals surface area (Å²) in [4.78, 5) is 2.77. The number of aromatic hydroxyl groups is 1. The minimum atomic E-state index is -0.556. The van der Waals surface area contributed by atoms with E-state index in [1.807, 2.05) is 19.1 Å². The van der Waals surface area contributed by atoms with E-state index in [-0.39, 0.29) is 5.41 Å². The van der Waals surface area contributed by atoms with Gasteiger partial charge in [0.2, 0.25) is 0 Å². The van der Waals surface area contributed by atoms with Crippen LogP contribution in [-0.4, -0.2) is 39.8 Å². The Bertz CT molecular complexity index is 681. The molecule has 4 rings (SSSR count). The summed E-state index contributed by atoms with van der Waals surface area (Å²) in [5, 5.41) is 20.9. The minimum Gasteiger partial charge on any atom is -0.508 e. The van der Waals surface area contributed by atoms with Crippen LogP contribution in [-0.2, 0) is 11.8 Å². The summed E-state index contributed by atoms with van der Waals surface area (Å²) in [7, 11) is 0. The molecule has 0 amide bonds. The van der Waals surface area contributed by atoms with Crippen molar-refractivity contribution in [1.82, 2.24) is 4.90 Å². The molecule has 2 N–H and O–H groups in total. The van der Waals surface area contributed by atoms with Gasteiger partial charge in [0.25, 0.3) is 0 Å². The van der Waals surface area contributed by atoms with Crippen LogP contribution in [0.5, 0.6) is 5.75 Å². The fourth-order valence-corrected chi connectivity index (χ4v) is 6.01. The molecule has 1 heterocycles. The third-order valence-corrected chi connectivity index (χ3v) is 7.78. The van der Waals surface area contributed by atoms with Gasteiger partial charge in [0, 0.05) is 12.6 Å². The Kier molecular flexibility index (Phi) is 5.05. The van der Waals surface area contributed by atoms with Crippen molar-refractivity contribution in [2.45, 2.75) is 89.2 Å². The van der Waals surface area contributed by atoms with Crippen LogP contribution in [0.15, 0.2) is 18.2 Å². The van der Waals surface area contributed by atoms with E-state index in [0.29, 0.717) is 17.7 Å². The summed E-state index contributed by atoms with van der Waals surface area (Å²) < 4.78 is 0. The molecule has 2 aliphatic carbocycles. The van der Waals surface area contributed by atoms with E-state index in [4.69, 9.17) is 0 Å². The van der Waals surface area contributed by atoms with Crippen molar-refractivity contribution < 1.29 is 10.2 Å². The second-order valence-electron chi connectivity index (χ2n) is 10.1. The normalized spacial score (nSPS) is 32.7. The Balaban J connectivity index is 1.63. The molecule has 27 heavy (non-hydrogen) atoms. The first-order valence-corrected chi connectivity index (χ1v) is 11.1. The number of benzene rings is 1. The van der Waals surface area contributed by atoms with Crippen molar-refractivity contribution in [3.8, 4) is 5.75 Å². The molecular weight excluding hydrogens is 334 g/mol. The van der Waals surface area contributed by atoms with Crippen LogP contribution >= 0.6 is 0 Å². The minimum absolute atomic E-state index is 0.110. The highest BCUT2D eigenvalue weighted by atomic mass is 16.3. The van der Waals surface area contributed by atoms with Crippen molar-refractivity contribution in [2.75, 3.05) is 13.1 Å². The third kappa shape index (κ3) is 3.78. The maximum absolute atomic E-state index is 10.8. The molecule has 2 fully saturated rings. The summed E-state index contributed by atoms with van der Waals surface area (Å²) in [5.74, 6) is 1.87. The van der Waals surface area contributed by atoms with Gasteiger partial charge in [-0.15, -0.1) is 0 Å². The molecule has 150 valence electrons. The molecule has 1 aromatic carbocycles. The van der Waals surface area contributed by atoms with Gasteiger partial charge < -0.3 is 10.2 Å². The maximum Gasteiger partial charge on any atom is 0.115 e. The first-order chi connectivity index (χ1) is 12.8. The zero-order chi connectivity index (χ0) is 19.2. The average molecular weight is 372 g/mol. The van der Waals surface area contributed by atoms with E-state index in [0.717, 1.165) is 44.4 Å². The van der Waals surface area contributed by atoms with Gasteiger partial charge in [-0.25, -0.2) is 0 Å². The predicted octanol–water partition coefficient (Wildman–Crippen LogP) is 4.64. The summed E-state index contributed by atoms with van der Waals surface area (Å²) in [6, 6.07) is 6.62. The Morgan fingerprint density at radius 3 is 2.74 bits per heavy atom. The highest BCUT2D eigenvalue weighted by Gasteiger charge is 2.51. The number of hydrogen-bond acceptors (Lipinski definition) is 3. The number of rotatable bonds is 7.